The van der Waals surface area contributed by atoms with Crippen molar-refractivity contribution in [3.8, 4) is 0 Å². The number of carbonyl (C=O) groups excluding carboxylic acids is 1. The molecule has 0 radical (unpaired) electrons. The molecule has 0 saturated heterocycles. The molecule has 0 amide bonds. The molecule has 0 bridgehead atoms. The van der Waals surface area contributed by atoms with Crippen molar-refractivity contribution in [1.82, 2.24) is 0 Å². The van der Waals surface area contributed by atoms with Gasteiger partial charge < -0.3 is 20.5 Å². The monoisotopic (exact) mass is 349 g/mol. The van der Waals surface area contributed by atoms with Crippen molar-refractivity contribution in [3.63, 3.8) is 0 Å². The number of allylic oxidation sites excluding steroid dienone is 1. The molecule has 2 rings (SSSR count). The van der Waals surface area contributed by atoms with Gasteiger partial charge in [0.1, 0.15) is 5.78 Å². The highest BCUT2D eigenvalue weighted by Gasteiger charge is 2.32. The van der Waals surface area contributed by atoms with Crippen molar-refractivity contribution in [1.29, 1.82) is 0 Å². The number of hydrogen-bond acceptors (Lipinski definition) is 5. The smallest absolute Gasteiger partial charge is 0.458 e. The SMILES string of the molecule is C=C(O)C[C@@H]1C/C=C\C[C@H](CC(=O)CC2CCC(CN)CC2)B(O)O1. The number of Topliss-reactive ketones (excluding diaryl/α,β-unsaturated/α-hetero) is 1. The molecule has 140 valence electrons. The molecular formula is C19H32BNO4. The van der Waals surface area contributed by atoms with Gasteiger partial charge >= 0.3 is 7.12 Å². The van der Waals surface area contributed by atoms with Crippen LogP contribution in [-0.2, 0) is 9.45 Å². The summed E-state index contributed by atoms with van der Waals surface area (Å²) in [4.78, 5) is 12.5. The van der Waals surface area contributed by atoms with E-state index in [1.807, 2.05) is 12.2 Å². The van der Waals surface area contributed by atoms with Gasteiger partial charge in [0.05, 0.1) is 11.9 Å². The second-order valence-corrected chi connectivity index (χ2v) is 7.69. The van der Waals surface area contributed by atoms with Gasteiger partial charge in [-0.15, -0.1) is 0 Å². The van der Waals surface area contributed by atoms with E-state index in [0.717, 1.165) is 32.2 Å². The number of hydrogen-bond donors (Lipinski definition) is 3. The molecule has 1 heterocycles. The summed E-state index contributed by atoms with van der Waals surface area (Å²) in [5.41, 5.74) is 5.72. The molecule has 1 saturated carbocycles. The lowest BCUT2D eigenvalue weighted by Crippen LogP contribution is -2.33. The van der Waals surface area contributed by atoms with Crippen LogP contribution in [-0.4, -0.2) is 35.7 Å². The highest BCUT2D eigenvalue weighted by atomic mass is 16.5. The summed E-state index contributed by atoms with van der Waals surface area (Å²) in [6, 6.07) is 0. The van der Waals surface area contributed by atoms with Crippen molar-refractivity contribution in [2.24, 2.45) is 17.6 Å². The summed E-state index contributed by atoms with van der Waals surface area (Å²) in [5.74, 6) is 1.12. The van der Waals surface area contributed by atoms with Gasteiger partial charge in [0.15, 0.2) is 0 Å². The van der Waals surface area contributed by atoms with Gasteiger partial charge in [-0.1, -0.05) is 18.7 Å². The molecule has 25 heavy (non-hydrogen) atoms. The second-order valence-electron chi connectivity index (χ2n) is 7.69. The van der Waals surface area contributed by atoms with Crippen LogP contribution in [0.4, 0.5) is 0 Å². The van der Waals surface area contributed by atoms with Gasteiger partial charge in [-0.2, -0.15) is 0 Å². The lowest BCUT2D eigenvalue weighted by molar-refractivity contribution is -0.120. The Morgan fingerprint density at radius 1 is 1.12 bits per heavy atom. The first-order valence-electron chi connectivity index (χ1n) is 9.55. The minimum Gasteiger partial charge on any atom is -0.513 e. The number of aliphatic hydroxyl groups excluding tert-OH is 1. The van der Waals surface area contributed by atoms with Crippen LogP contribution in [0.2, 0.25) is 5.82 Å². The third kappa shape index (κ3) is 6.96. The molecule has 0 unspecified atom stereocenters. The highest BCUT2D eigenvalue weighted by molar-refractivity contribution is 6.45. The van der Waals surface area contributed by atoms with Crippen molar-refractivity contribution in [2.75, 3.05) is 6.54 Å². The molecule has 5 nitrogen and oxygen atoms in total. The van der Waals surface area contributed by atoms with Gasteiger partial charge in [-0.3, -0.25) is 4.79 Å². The first kappa shape index (κ1) is 20.2. The largest absolute Gasteiger partial charge is 0.513 e. The zero-order valence-corrected chi connectivity index (χ0v) is 15.1. The average Bonchev–Trinajstić information content (AvgIpc) is 2.56. The summed E-state index contributed by atoms with van der Waals surface area (Å²) in [5, 5.41) is 19.7. The van der Waals surface area contributed by atoms with Crippen LogP contribution in [0.25, 0.3) is 0 Å². The van der Waals surface area contributed by atoms with Gasteiger partial charge in [0.2, 0.25) is 0 Å². The number of aliphatic hydroxyl groups is 1. The molecule has 2 atom stereocenters. The Morgan fingerprint density at radius 2 is 1.76 bits per heavy atom. The first-order valence-corrected chi connectivity index (χ1v) is 9.55. The summed E-state index contributed by atoms with van der Waals surface area (Å²) in [7, 11) is -0.980. The molecule has 0 spiro atoms. The Bertz CT molecular complexity index is 474. The quantitative estimate of drug-likeness (QED) is 0.373. The molecule has 0 aromatic rings. The fourth-order valence-corrected chi connectivity index (χ4v) is 3.95. The van der Waals surface area contributed by atoms with Crippen molar-refractivity contribution in [2.45, 2.75) is 69.7 Å². The second kappa shape index (κ2) is 10.1. The van der Waals surface area contributed by atoms with E-state index in [1.165, 1.54) is 0 Å². The maximum atomic E-state index is 12.5. The van der Waals surface area contributed by atoms with Crippen LogP contribution >= 0.6 is 0 Å². The minimum atomic E-state index is -0.980. The van der Waals surface area contributed by atoms with Crippen LogP contribution < -0.4 is 5.73 Å². The molecule has 1 aliphatic heterocycles. The molecule has 2 aliphatic rings. The normalized spacial score (nSPS) is 31.8. The van der Waals surface area contributed by atoms with E-state index in [1.54, 1.807) is 0 Å². The van der Waals surface area contributed by atoms with E-state index in [-0.39, 0.29) is 23.5 Å². The van der Waals surface area contributed by atoms with Crippen LogP contribution in [0.5, 0.6) is 0 Å². The van der Waals surface area contributed by atoms with E-state index in [4.69, 9.17) is 10.4 Å². The van der Waals surface area contributed by atoms with Crippen molar-refractivity contribution >= 4 is 12.9 Å². The predicted octanol–water partition coefficient (Wildman–Crippen LogP) is 3.15. The van der Waals surface area contributed by atoms with Gasteiger partial charge in [0.25, 0.3) is 0 Å². The number of nitrogens with two attached hydrogens (primary N) is 1. The van der Waals surface area contributed by atoms with Crippen LogP contribution in [0.15, 0.2) is 24.5 Å². The van der Waals surface area contributed by atoms with Crippen molar-refractivity contribution in [3.05, 3.63) is 24.5 Å². The van der Waals surface area contributed by atoms with E-state index in [2.05, 4.69) is 6.58 Å². The fourth-order valence-electron chi connectivity index (χ4n) is 3.95. The Morgan fingerprint density at radius 3 is 2.40 bits per heavy atom. The maximum absolute atomic E-state index is 12.5. The van der Waals surface area contributed by atoms with Gasteiger partial charge in [-0.25, -0.2) is 0 Å². The van der Waals surface area contributed by atoms with Crippen LogP contribution in [0.1, 0.15) is 57.8 Å². The Balaban J connectivity index is 1.81. The van der Waals surface area contributed by atoms with E-state index in [9.17, 15) is 14.9 Å². The average molecular weight is 349 g/mol. The number of rotatable bonds is 7. The zero-order valence-electron chi connectivity index (χ0n) is 15.1. The Labute approximate surface area is 151 Å². The molecule has 1 aliphatic carbocycles. The minimum absolute atomic E-state index is 0.0480. The standard InChI is InChI=1S/C19H32BNO4/c1-14(22)10-19-5-3-2-4-17(20(24)25-19)12-18(23)11-15-6-8-16(13-21)9-7-15/h2-3,15-17,19,22,24H,1,4-13,21H2/b3-2-/t15?,16?,17-,19+/m1/s1. The lowest BCUT2D eigenvalue weighted by Gasteiger charge is -2.28. The van der Waals surface area contributed by atoms with Gasteiger partial charge in [0, 0.05) is 25.1 Å². The molecule has 0 aromatic heterocycles. The summed E-state index contributed by atoms with van der Waals surface area (Å²) >= 11 is 0. The van der Waals surface area contributed by atoms with E-state index < -0.39 is 7.12 Å². The lowest BCUT2D eigenvalue weighted by atomic mass is 9.66. The topological polar surface area (TPSA) is 92.8 Å². The maximum Gasteiger partial charge on any atom is 0.458 e. The third-order valence-corrected chi connectivity index (χ3v) is 5.51. The number of carbonyl (C=O) groups is 1. The molecule has 6 heteroatoms. The first-order chi connectivity index (χ1) is 12.0. The third-order valence-electron chi connectivity index (χ3n) is 5.51. The Hall–Kier alpha value is -1.11. The fraction of sp³-hybridized carbons (Fsp3) is 0.737. The Kier molecular flexibility index (Phi) is 8.20. The van der Waals surface area contributed by atoms with Crippen LogP contribution in [0, 0.1) is 11.8 Å². The van der Waals surface area contributed by atoms with Gasteiger partial charge in [-0.05, 0) is 56.9 Å². The summed E-state index contributed by atoms with van der Waals surface area (Å²) < 4.78 is 5.65. The predicted molar refractivity (Wildman–Crippen MR) is 100 cm³/mol. The molecule has 1 fully saturated rings. The van der Waals surface area contributed by atoms with Crippen molar-refractivity contribution < 1.29 is 19.6 Å². The summed E-state index contributed by atoms with van der Waals surface area (Å²) in [6.07, 6.45) is 10.6. The van der Waals surface area contributed by atoms with E-state index in [0.29, 0.717) is 43.9 Å². The highest BCUT2D eigenvalue weighted by Crippen LogP contribution is 2.32. The van der Waals surface area contributed by atoms with Crippen LogP contribution in [0.3, 0.4) is 0 Å². The van der Waals surface area contributed by atoms with E-state index >= 15 is 0 Å². The zero-order chi connectivity index (χ0) is 18.2. The molecule has 0 aromatic carbocycles. The number of ketones is 1. The molecule has 4 N–H and O–H groups in total. The molecular weight excluding hydrogens is 317 g/mol. The summed E-state index contributed by atoms with van der Waals surface area (Å²) in [6.45, 7) is 4.23.